The number of rotatable bonds is 8. The molecule has 1 amide bonds. The molecule has 2 N–H and O–H groups in total. The fourth-order valence-corrected chi connectivity index (χ4v) is 2.74. The van der Waals surface area contributed by atoms with Gasteiger partial charge in [-0.05, 0) is 44.4 Å². The summed E-state index contributed by atoms with van der Waals surface area (Å²) in [5, 5.41) is 6.20. The molecular weight excluding hydrogens is 467 g/mol. The van der Waals surface area contributed by atoms with E-state index in [9.17, 15) is 4.79 Å². The fraction of sp³-hybridized carbons (Fsp3) is 0.429. The van der Waals surface area contributed by atoms with Gasteiger partial charge in [-0.2, -0.15) is 0 Å². The third-order valence-electron chi connectivity index (χ3n) is 4.32. The van der Waals surface area contributed by atoms with Gasteiger partial charge in [0.15, 0.2) is 11.7 Å². The van der Waals surface area contributed by atoms with E-state index in [2.05, 4.69) is 58.6 Å². The Kier molecular flexibility index (Phi) is 10.7. The number of nitrogens with zero attached hydrogens (tertiary/aromatic N) is 2. The number of amides is 1. The van der Waals surface area contributed by atoms with Gasteiger partial charge in [-0.15, -0.1) is 24.0 Å². The Labute approximate surface area is 184 Å². The molecule has 2 rings (SSSR count). The molecule has 0 spiro atoms. The molecule has 0 aliphatic carbocycles. The maximum Gasteiger partial charge on any atom is 0.287 e. The number of furan rings is 1. The lowest BCUT2D eigenvalue weighted by Crippen LogP contribution is -2.38. The molecule has 28 heavy (non-hydrogen) atoms. The predicted octanol–water partition coefficient (Wildman–Crippen LogP) is 3.73. The van der Waals surface area contributed by atoms with Crippen LogP contribution >= 0.6 is 24.0 Å². The molecule has 7 heteroatoms. The first-order valence-corrected chi connectivity index (χ1v) is 9.39. The second-order valence-electron chi connectivity index (χ2n) is 6.56. The number of aryl methyl sites for hydroxylation is 2. The Balaban J connectivity index is 0.00000392. The van der Waals surface area contributed by atoms with Gasteiger partial charge in [-0.25, -0.2) is 0 Å². The van der Waals surface area contributed by atoms with Crippen LogP contribution in [0.1, 0.15) is 40.6 Å². The van der Waals surface area contributed by atoms with Crippen molar-refractivity contribution < 1.29 is 9.21 Å². The second-order valence-corrected chi connectivity index (χ2v) is 6.56. The van der Waals surface area contributed by atoms with Crippen molar-refractivity contribution in [2.75, 3.05) is 26.7 Å². The van der Waals surface area contributed by atoms with Gasteiger partial charge in [0, 0.05) is 38.8 Å². The summed E-state index contributed by atoms with van der Waals surface area (Å²) in [4.78, 5) is 18.8. The van der Waals surface area contributed by atoms with Crippen molar-refractivity contribution >= 4 is 35.8 Å². The molecule has 2 aromatic rings. The molecule has 1 heterocycles. The summed E-state index contributed by atoms with van der Waals surface area (Å²) in [6, 6.07) is 10.2. The smallest absolute Gasteiger partial charge is 0.287 e. The van der Waals surface area contributed by atoms with Crippen LogP contribution in [0.2, 0.25) is 0 Å². The lowest BCUT2D eigenvalue weighted by molar-refractivity contribution is 0.0925. The maximum absolute atomic E-state index is 12.0. The maximum atomic E-state index is 12.0. The highest BCUT2D eigenvalue weighted by Gasteiger charge is 2.11. The lowest BCUT2D eigenvalue weighted by atomic mass is 10.1. The van der Waals surface area contributed by atoms with Gasteiger partial charge in [0.2, 0.25) is 0 Å². The zero-order chi connectivity index (χ0) is 19.6. The van der Waals surface area contributed by atoms with Crippen LogP contribution in [0, 0.1) is 13.8 Å². The quantitative estimate of drug-likeness (QED) is 0.252. The fourth-order valence-electron chi connectivity index (χ4n) is 2.74. The second kappa shape index (κ2) is 12.4. The van der Waals surface area contributed by atoms with E-state index >= 15 is 0 Å². The van der Waals surface area contributed by atoms with Crippen LogP contribution in [0.5, 0.6) is 0 Å². The number of guanidine groups is 1. The van der Waals surface area contributed by atoms with Gasteiger partial charge >= 0.3 is 0 Å². The van der Waals surface area contributed by atoms with Crippen molar-refractivity contribution in [1.29, 1.82) is 0 Å². The number of halogens is 1. The van der Waals surface area contributed by atoms with Gasteiger partial charge in [0.25, 0.3) is 5.91 Å². The Morgan fingerprint density at radius 1 is 1.14 bits per heavy atom. The first-order valence-electron chi connectivity index (χ1n) is 9.39. The Morgan fingerprint density at radius 2 is 1.89 bits per heavy atom. The molecule has 0 aliphatic rings. The van der Waals surface area contributed by atoms with E-state index in [1.54, 1.807) is 6.07 Å². The Morgan fingerprint density at radius 3 is 2.54 bits per heavy atom. The first-order chi connectivity index (χ1) is 13.0. The number of carbonyl (C=O) groups is 1. The summed E-state index contributed by atoms with van der Waals surface area (Å²) in [7, 11) is 2.04. The number of nitrogens with one attached hydrogen (secondary N) is 2. The molecule has 1 aromatic heterocycles. The van der Waals surface area contributed by atoms with Crippen LogP contribution in [0.25, 0.3) is 0 Å². The highest BCUT2D eigenvalue weighted by Crippen LogP contribution is 2.10. The summed E-state index contributed by atoms with van der Waals surface area (Å²) in [5.74, 6) is 1.07. The summed E-state index contributed by atoms with van der Waals surface area (Å²) < 4.78 is 5.19. The van der Waals surface area contributed by atoms with Crippen LogP contribution in [0.15, 0.2) is 46.0 Å². The minimum atomic E-state index is -0.176. The third kappa shape index (κ3) is 7.18. The van der Waals surface area contributed by atoms with Crippen molar-refractivity contribution in [3.63, 3.8) is 0 Å². The van der Waals surface area contributed by atoms with Crippen LogP contribution in [-0.4, -0.2) is 43.4 Å². The molecule has 6 nitrogen and oxygen atoms in total. The van der Waals surface area contributed by atoms with E-state index in [0.29, 0.717) is 18.8 Å². The summed E-state index contributed by atoms with van der Waals surface area (Å²) in [6.07, 6.45) is 2.29. The first kappa shape index (κ1) is 24.0. The molecule has 0 atom stereocenters. The van der Waals surface area contributed by atoms with E-state index in [1.165, 1.54) is 17.4 Å². The third-order valence-corrected chi connectivity index (χ3v) is 4.32. The van der Waals surface area contributed by atoms with Crippen molar-refractivity contribution in [3.8, 4) is 0 Å². The summed E-state index contributed by atoms with van der Waals surface area (Å²) in [6.45, 7) is 8.84. The number of hydrogen-bond donors (Lipinski definition) is 2. The molecule has 0 saturated heterocycles. The van der Waals surface area contributed by atoms with Crippen LogP contribution < -0.4 is 10.6 Å². The van der Waals surface area contributed by atoms with E-state index in [4.69, 9.17) is 4.42 Å². The molecule has 0 bridgehead atoms. The van der Waals surface area contributed by atoms with Gasteiger partial charge in [0.05, 0.1) is 6.26 Å². The van der Waals surface area contributed by atoms with Gasteiger partial charge in [-0.1, -0.05) is 24.3 Å². The molecule has 1 aromatic carbocycles. The highest BCUT2D eigenvalue weighted by atomic mass is 127. The molecule has 154 valence electrons. The lowest BCUT2D eigenvalue weighted by Gasteiger charge is -2.23. The average molecular weight is 498 g/mol. The number of carbonyl (C=O) groups excluding carboxylic acids is 1. The van der Waals surface area contributed by atoms with E-state index in [1.807, 2.05) is 14.0 Å². The normalized spacial score (nSPS) is 10.9. The standard InChI is InChI=1S/C21H30N4O2.HI/c1-5-22-21(25(4)15-18-10-7-6-9-16(18)2)24-13-8-12-23-20(26)19-17(3)11-14-27-19;/h6-7,9-11,14H,5,8,12-13,15H2,1-4H3,(H,22,24)(H,23,26);1H. The zero-order valence-electron chi connectivity index (χ0n) is 17.1. The topological polar surface area (TPSA) is 69.9 Å². The van der Waals surface area contributed by atoms with Crippen LogP contribution in [0.4, 0.5) is 0 Å². The van der Waals surface area contributed by atoms with Crippen molar-refractivity contribution in [1.82, 2.24) is 15.5 Å². The SMILES string of the molecule is CCNC(=NCCCNC(=O)c1occc1C)N(C)Cc1ccccc1C.I. The van der Waals surface area contributed by atoms with Crippen molar-refractivity contribution in [3.05, 3.63) is 59.0 Å². The monoisotopic (exact) mass is 498 g/mol. The minimum Gasteiger partial charge on any atom is -0.459 e. The predicted molar refractivity (Wildman–Crippen MR) is 124 cm³/mol. The molecule has 0 radical (unpaired) electrons. The summed E-state index contributed by atoms with van der Waals surface area (Å²) >= 11 is 0. The molecule has 0 fully saturated rings. The number of aliphatic imine (C=N–C) groups is 1. The molecule has 0 unspecified atom stereocenters. The highest BCUT2D eigenvalue weighted by molar-refractivity contribution is 14.0. The van der Waals surface area contributed by atoms with Crippen molar-refractivity contribution in [2.24, 2.45) is 4.99 Å². The van der Waals surface area contributed by atoms with E-state index in [0.717, 1.165) is 31.0 Å². The average Bonchev–Trinajstić information content (AvgIpc) is 3.08. The van der Waals surface area contributed by atoms with Gasteiger partial charge < -0.3 is 20.0 Å². The van der Waals surface area contributed by atoms with Crippen molar-refractivity contribution in [2.45, 2.75) is 33.7 Å². The number of benzene rings is 1. The van der Waals surface area contributed by atoms with Gasteiger partial charge in [0.1, 0.15) is 0 Å². The van der Waals surface area contributed by atoms with Crippen LogP contribution in [-0.2, 0) is 6.54 Å². The molecule has 0 saturated carbocycles. The Bertz CT molecular complexity index is 773. The summed E-state index contributed by atoms with van der Waals surface area (Å²) in [5.41, 5.74) is 3.40. The van der Waals surface area contributed by atoms with E-state index < -0.39 is 0 Å². The largest absolute Gasteiger partial charge is 0.459 e. The zero-order valence-corrected chi connectivity index (χ0v) is 19.4. The number of hydrogen-bond acceptors (Lipinski definition) is 3. The molecule has 0 aliphatic heterocycles. The van der Waals surface area contributed by atoms with Gasteiger partial charge in [-0.3, -0.25) is 9.79 Å². The minimum absolute atomic E-state index is 0. The van der Waals surface area contributed by atoms with Crippen LogP contribution in [0.3, 0.4) is 0 Å². The van der Waals surface area contributed by atoms with E-state index in [-0.39, 0.29) is 29.9 Å². The Hall–Kier alpha value is -2.03. The molecular formula is C21H31IN4O2.